The minimum atomic E-state index is -0.0943. The molecule has 1 aromatic carbocycles. The molecule has 5 heteroatoms. The third-order valence-corrected chi connectivity index (χ3v) is 7.26. The molecule has 27 heavy (non-hydrogen) atoms. The molecule has 1 saturated carbocycles. The number of benzene rings is 1. The Morgan fingerprint density at radius 1 is 1.04 bits per heavy atom. The summed E-state index contributed by atoms with van der Waals surface area (Å²) in [7, 11) is 0. The van der Waals surface area contributed by atoms with Crippen molar-refractivity contribution in [1.29, 1.82) is 0 Å². The Balaban J connectivity index is 1.56. The van der Waals surface area contributed by atoms with Crippen LogP contribution in [0, 0.1) is 5.92 Å². The van der Waals surface area contributed by atoms with Crippen LogP contribution < -0.4 is 5.32 Å². The third kappa shape index (κ3) is 4.12. The second-order valence-corrected chi connectivity index (χ2v) is 9.22. The first kappa shape index (κ1) is 18.7. The van der Waals surface area contributed by atoms with Crippen LogP contribution in [0.2, 0.25) is 5.02 Å². The van der Waals surface area contributed by atoms with Crippen molar-refractivity contribution < 1.29 is 9.59 Å². The molecule has 0 aliphatic heterocycles. The number of carbonyl (C=O) groups excluding carboxylic acids is 2. The minimum Gasteiger partial charge on any atom is -0.322 e. The Morgan fingerprint density at radius 3 is 2.52 bits per heavy atom. The Hall–Kier alpha value is -1.65. The van der Waals surface area contributed by atoms with Gasteiger partial charge in [-0.05, 0) is 61.9 Å². The summed E-state index contributed by atoms with van der Waals surface area (Å²) in [6, 6.07) is 7.14. The number of nitrogens with one attached hydrogen (secondary N) is 1. The first-order chi connectivity index (χ1) is 13.1. The lowest BCUT2D eigenvalue weighted by atomic mass is 9.84. The van der Waals surface area contributed by atoms with Crippen LogP contribution >= 0.6 is 22.9 Å². The van der Waals surface area contributed by atoms with E-state index in [1.165, 1.54) is 11.3 Å². The maximum atomic E-state index is 13.0. The van der Waals surface area contributed by atoms with Crippen LogP contribution in [0.25, 0.3) is 0 Å². The molecular formula is C22H24ClNO2S. The number of hydrogen-bond acceptors (Lipinski definition) is 3. The predicted octanol–water partition coefficient (Wildman–Crippen LogP) is 5.83. The van der Waals surface area contributed by atoms with Gasteiger partial charge in [-0.15, -0.1) is 11.3 Å². The highest BCUT2D eigenvalue weighted by Gasteiger charge is 2.29. The van der Waals surface area contributed by atoms with Crippen molar-refractivity contribution in [3.05, 3.63) is 50.2 Å². The van der Waals surface area contributed by atoms with E-state index in [9.17, 15) is 9.59 Å². The topological polar surface area (TPSA) is 46.2 Å². The molecule has 0 bridgehead atoms. The van der Waals surface area contributed by atoms with E-state index in [0.29, 0.717) is 17.2 Å². The lowest BCUT2D eigenvalue weighted by Crippen LogP contribution is -2.21. The van der Waals surface area contributed by atoms with Gasteiger partial charge < -0.3 is 5.32 Å². The molecule has 2 aliphatic carbocycles. The quantitative estimate of drug-likeness (QED) is 0.684. The fourth-order valence-corrected chi connectivity index (χ4v) is 5.83. The van der Waals surface area contributed by atoms with Gasteiger partial charge in [0, 0.05) is 32.8 Å². The van der Waals surface area contributed by atoms with Gasteiger partial charge in [0.1, 0.15) is 5.78 Å². The Kier molecular flexibility index (Phi) is 5.65. The van der Waals surface area contributed by atoms with Crippen molar-refractivity contribution in [1.82, 2.24) is 0 Å². The van der Waals surface area contributed by atoms with Crippen molar-refractivity contribution in [3.63, 3.8) is 0 Å². The zero-order valence-corrected chi connectivity index (χ0v) is 16.9. The highest BCUT2D eigenvalue weighted by atomic mass is 35.5. The van der Waals surface area contributed by atoms with Crippen LogP contribution in [0.4, 0.5) is 5.69 Å². The number of ketones is 1. The van der Waals surface area contributed by atoms with E-state index in [1.54, 1.807) is 35.6 Å². The normalized spacial score (nSPS) is 16.9. The summed E-state index contributed by atoms with van der Waals surface area (Å²) in [5, 5.41) is 3.63. The highest BCUT2D eigenvalue weighted by Crippen LogP contribution is 2.37. The van der Waals surface area contributed by atoms with Gasteiger partial charge in [0.25, 0.3) is 5.91 Å². The third-order valence-electron chi connectivity index (χ3n) is 5.72. The second kappa shape index (κ2) is 8.15. The number of Topliss-reactive ketones (excluding diaryl/α,β-unsaturated/α-hetero) is 1. The summed E-state index contributed by atoms with van der Waals surface area (Å²) in [6.45, 7) is 0. The average Bonchev–Trinajstić information content (AvgIpc) is 3.25. The van der Waals surface area contributed by atoms with E-state index < -0.39 is 0 Å². The van der Waals surface area contributed by atoms with Gasteiger partial charge in [-0.2, -0.15) is 0 Å². The Labute approximate surface area is 169 Å². The van der Waals surface area contributed by atoms with E-state index in [-0.39, 0.29) is 11.8 Å². The predicted molar refractivity (Wildman–Crippen MR) is 111 cm³/mol. The molecule has 0 atom stereocenters. The van der Waals surface area contributed by atoms with Crippen molar-refractivity contribution in [2.75, 3.05) is 5.32 Å². The highest BCUT2D eigenvalue weighted by molar-refractivity contribution is 7.12. The molecule has 0 radical (unpaired) electrons. The minimum absolute atomic E-state index is 0.0943. The molecule has 2 aromatic rings. The average molecular weight is 402 g/mol. The molecule has 4 rings (SSSR count). The van der Waals surface area contributed by atoms with E-state index in [2.05, 4.69) is 5.32 Å². The molecule has 1 heterocycles. The van der Waals surface area contributed by atoms with Gasteiger partial charge in [-0.25, -0.2) is 0 Å². The lowest BCUT2D eigenvalue weighted by Gasteiger charge is -2.20. The van der Waals surface area contributed by atoms with Crippen molar-refractivity contribution in [2.45, 2.75) is 57.8 Å². The SMILES string of the molecule is O=C(Nc1ccc(Cl)cc1)c1c(CC(=O)C2CCCCC2)sc2c1CCC2. The molecule has 0 unspecified atom stereocenters. The lowest BCUT2D eigenvalue weighted by molar-refractivity contribution is -0.123. The molecule has 0 spiro atoms. The number of halogens is 1. The van der Waals surface area contributed by atoms with Crippen molar-refractivity contribution >= 4 is 40.3 Å². The molecule has 142 valence electrons. The van der Waals surface area contributed by atoms with Gasteiger partial charge in [-0.1, -0.05) is 30.9 Å². The smallest absolute Gasteiger partial charge is 0.257 e. The molecule has 1 fully saturated rings. The van der Waals surface area contributed by atoms with Crippen LogP contribution in [0.1, 0.15) is 64.2 Å². The number of thiophene rings is 1. The van der Waals surface area contributed by atoms with Gasteiger partial charge in [-0.3, -0.25) is 9.59 Å². The van der Waals surface area contributed by atoms with Crippen LogP contribution in [0.3, 0.4) is 0 Å². The fraction of sp³-hybridized carbons (Fsp3) is 0.455. The zero-order valence-electron chi connectivity index (χ0n) is 15.4. The summed E-state index contributed by atoms with van der Waals surface area (Å²) in [5.41, 5.74) is 2.65. The summed E-state index contributed by atoms with van der Waals surface area (Å²) < 4.78 is 0. The summed E-state index contributed by atoms with van der Waals surface area (Å²) >= 11 is 7.61. The summed E-state index contributed by atoms with van der Waals surface area (Å²) in [5.74, 6) is 0.404. The van der Waals surface area contributed by atoms with Gasteiger partial charge in [0.2, 0.25) is 0 Å². The molecule has 1 amide bonds. The number of anilines is 1. The molecule has 0 saturated heterocycles. The fourth-order valence-electron chi connectivity index (χ4n) is 4.30. The summed E-state index contributed by atoms with van der Waals surface area (Å²) in [6.07, 6.45) is 9.04. The van der Waals surface area contributed by atoms with E-state index in [4.69, 9.17) is 11.6 Å². The van der Waals surface area contributed by atoms with Crippen LogP contribution in [0.15, 0.2) is 24.3 Å². The summed E-state index contributed by atoms with van der Waals surface area (Å²) in [4.78, 5) is 28.1. The molecule has 1 aromatic heterocycles. The molecular weight excluding hydrogens is 378 g/mol. The number of amides is 1. The van der Waals surface area contributed by atoms with Crippen LogP contribution in [0.5, 0.6) is 0 Å². The maximum Gasteiger partial charge on any atom is 0.257 e. The Bertz CT molecular complexity index is 850. The molecule has 3 nitrogen and oxygen atoms in total. The largest absolute Gasteiger partial charge is 0.322 e. The number of fused-ring (bicyclic) bond motifs is 1. The van der Waals surface area contributed by atoms with Crippen molar-refractivity contribution in [2.24, 2.45) is 5.92 Å². The van der Waals surface area contributed by atoms with Crippen LogP contribution in [-0.4, -0.2) is 11.7 Å². The molecule has 2 aliphatic rings. The number of carbonyl (C=O) groups is 2. The van der Waals surface area contributed by atoms with Gasteiger partial charge >= 0.3 is 0 Å². The van der Waals surface area contributed by atoms with E-state index >= 15 is 0 Å². The van der Waals surface area contributed by atoms with Crippen molar-refractivity contribution in [3.8, 4) is 0 Å². The Morgan fingerprint density at radius 2 is 1.78 bits per heavy atom. The zero-order chi connectivity index (χ0) is 18.8. The monoisotopic (exact) mass is 401 g/mol. The van der Waals surface area contributed by atoms with E-state index in [0.717, 1.165) is 66.6 Å². The second-order valence-electron chi connectivity index (χ2n) is 7.59. The molecule has 1 N–H and O–H groups in total. The number of hydrogen-bond donors (Lipinski definition) is 1. The first-order valence-electron chi connectivity index (χ1n) is 9.85. The standard InChI is InChI=1S/C22H24ClNO2S/c23-15-9-11-16(12-10-15)24-22(26)21-17-7-4-8-19(17)27-20(21)13-18(25)14-5-2-1-3-6-14/h9-12,14H,1-8,13H2,(H,24,26). The van der Waals surface area contributed by atoms with Crippen LogP contribution in [-0.2, 0) is 24.1 Å². The van der Waals surface area contributed by atoms with Gasteiger partial charge in [0.05, 0.1) is 5.56 Å². The van der Waals surface area contributed by atoms with Gasteiger partial charge in [0.15, 0.2) is 0 Å². The first-order valence-corrected chi connectivity index (χ1v) is 11.0. The number of aryl methyl sites for hydroxylation is 1. The maximum absolute atomic E-state index is 13.0. The number of rotatable bonds is 5. The van der Waals surface area contributed by atoms with E-state index in [1.807, 2.05) is 0 Å².